The van der Waals surface area contributed by atoms with Gasteiger partial charge in [0.25, 0.3) is 0 Å². The largest absolute Gasteiger partial charge is 0.456 e. The molecule has 0 fully saturated rings. The first-order chi connectivity index (χ1) is 8.60. The van der Waals surface area contributed by atoms with Gasteiger partial charge in [0.05, 0.1) is 10.6 Å². The molecule has 0 saturated heterocycles. The second-order valence-electron chi connectivity index (χ2n) is 3.43. The number of rotatable bonds is 2. The molecule has 2 nitrogen and oxygen atoms in total. The SMILES string of the molecule is N#Cc1ccc(Br)cc1Oc1ccc(F)c(Cl)c1. The number of hydrogen-bond acceptors (Lipinski definition) is 2. The normalized spacial score (nSPS) is 9.89. The van der Waals surface area contributed by atoms with Crippen LogP contribution in [0, 0.1) is 17.1 Å². The van der Waals surface area contributed by atoms with Gasteiger partial charge >= 0.3 is 0 Å². The van der Waals surface area contributed by atoms with Crippen molar-refractivity contribution in [2.24, 2.45) is 0 Å². The predicted octanol–water partition coefficient (Wildman–Crippen LogP) is 4.91. The van der Waals surface area contributed by atoms with Crippen molar-refractivity contribution in [2.75, 3.05) is 0 Å². The molecule has 2 aromatic carbocycles. The zero-order valence-electron chi connectivity index (χ0n) is 8.95. The summed E-state index contributed by atoms with van der Waals surface area (Å²) in [6.07, 6.45) is 0. The Labute approximate surface area is 117 Å². The first-order valence-corrected chi connectivity index (χ1v) is 6.10. The van der Waals surface area contributed by atoms with E-state index in [0.717, 1.165) is 4.47 Å². The highest BCUT2D eigenvalue weighted by Gasteiger charge is 2.07. The third-order valence-corrected chi connectivity index (χ3v) is 2.97. The topological polar surface area (TPSA) is 33.0 Å². The molecule has 0 aliphatic carbocycles. The van der Waals surface area contributed by atoms with Gasteiger partial charge in [0.15, 0.2) is 0 Å². The summed E-state index contributed by atoms with van der Waals surface area (Å²) in [5.74, 6) is 0.240. The van der Waals surface area contributed by atoms with E-state index in [9.17, 15) is 4.39 Å². The fraction of sp³-hybridized carbons (Fsp3) is 0. The molecule has 0 aromatic heterocycles. The minimum atomic E-state index is -0.515. The van der Waals surface area contributed by atoms with E-state index < -0.39 is 5.82 Å². The van der Waals surface area contributed by atoms with Crippen molar-refractivity contribution in [3.8, 4) is 17.6 Å². The van der Waals surface area contributed by atoms with Crippen LogP contribution in [-0.4, -0.2) is 0 Å². The molecule has 0 bridgehead atoms. The Morgan fingerprint density at radius 2 is 2.00 bits per heavy atom. The number of hydrogen-bond donors (Lipinski definition) is 0. The summed E-state index contributed by atoms with van der Waals surface area (Å²) < 4.78 is 19.3. The van der Waals surface area contributed by atoms with Gasteiger partial charge in [-0.05, 0) is 30.3 Å². The number of ether oxygens (including phenoxy) is 1. The predicted molar refractivity (Wildman–Crippen MR) is 70.3 cm³/mol. The summed E-state index contributed by atoms with van der Waals surface area (Å²) in [5, 5.41) is 8.93. The Balaban J connectivity index is 2.36. The number of halogens is 3. The lowest BCUT2D eigenvalue weighted by molar-refractivity contribution is 0.479. The van der Waals surface area contributed by atoms with E-state index in [1.165, 1.54) is 18.2 Å². The number of benzene rings is 2. The molecule has 0 amide bonds. The van der Waals surface area contributed by atoms with Crippen molar-refractivity contribution in [1.82, 2.24) is 0 Å². The van der Waals surface area contributed by atoms with Crippen LogP contribution in [0.15, 0.2) is 40.9 Å². The molecule has 0 spiro atoms. The molecule has 0 saturated carbocycles. The van der Waals surface area contributed by atoms with Crippen molar-refractivity contribution in [3.63, 3.8) is 0 Å². The minimum absolute atomic E-state index is 0.0268. The van der Waals surface area contributed by atoms with Crippen LogP contribution in [0.2, 0.25) is 5.02 Å². The van der Waals surface area contributed by atoms with E-state index in [2.05, 4.69) is 15.9 Å². The lowest BCUT2D eigenvalue weighted by atomic mass is 10.2. The Kier molecular flexibility index (Phi) is 3.85. The Bertz CT molecular complexity index is 639. The second kappa shape index (κ2) is 5.38. The van der Waals surface area contributed by atoms with Gasteiger partial charge in [0, 0.05) is 10.5 Å². The monoisotopic (exact) mass is 325 g/mol. The molecule has 2 aromatic rings. The maximum absolute atomic E-state index is 13.0. The molecule has 0 unspecified atom stereocenters. The highest BCUT2D eigenvalue weighted by Crippen LogP contribution is 2.30. The summed E-state index contributed by atoms with van der Waals surface area (Å²) in [5.41, 5.74) is 0.388. The third kappa shape index (κ3) is 2.81. The van der Waals surface area contributed by atoms with Crippen LogP contribution in [0.25, 0.3) is 0 Å². The third-order valence-electron chi connectivity index (χ3n) is 2.18. The Hall–Kier alpha value is -1.57. The van der Waals surface area contributed by atoms with Crippen LogP contribution in [0.5, 0.6) is 11.5 Å². The van der Waals surface area contributed by atoms with Gasteiger partial charge in [-0.25, -0.2) is 4.39 Å². The summed E-state index contributed by atoms with van der Waals surface area (Å²) in [7, 11) is 0. The van der Waals surface area contributed by atoms with Crippen LogP contribution in [-0.2, 0) is 0 Å². The van der Waals surface area contributed by atoms with Gasteiger partial charge < -0.3 is 4.74 Å². The molecule has 0 aliphatic heterocycles. The molecule has 90 valence electrons. The van der Waals surface area contributed by atoms with Crippen molar-refractivity contribution in [3.05, 3.63) is 57.3 Å². The highest BCUT2D eigenvalue weighted by atomic mass is 79.9. The average molecular weight is 327 g/mol. The van der Waals surface area contributed by atoms with Gasteiger partial charge in [0.2, 0.25) is 0 Å². The zero-order valence-corrected chi connectivity index (χ0v) is 11.3. The fourth-order valence-corrected chi connectivity index (χ4v) is 1.85. The van der Waals surface area contributed by atoms with Crippen molar-refractivity contribution in [2.45, 2.75) is 0 Å². The molecule has 0 aliphatic rings. The molecule has 0 atom stereocenters. The lowest BCUT2D eigenvalue weighted by Crippen LogP contribution is -1.89. The van der Waals surface area contributed by atoms with Gasteiger partial charge in [-0.15, -0.1) is 0 Å². The molecule has 0 radical (unpaired) electrons. The summed E-state index contributed by atoms with van der Waals surface area (Å²) >= 11 is 8.95. The molecule has 0 heterocycles. The van der Waals surface area contributed by atoms with Gasteiger partial charge in [0.1, 0.15) is 23.4 Å². The maximum Gasteiger partial charge on any atom is 0.146 e. The maximum atomic E-state index is 13.0. The standard InChI is InChI=1S/C13H6BrClFNO/c14-9-2-1-8(7-17)13(5-9)18-10-3-4-12(16)11(15)6-10/h1-6H. The average Bonchev–Trinajstić information content (AvgIpc) is 2.34. The Morgan fingerprint density at radius 1 is 1.22 bits per heavy atom. The zero-order chi connectivity index (χ0) is 13.1. The molecular formula is C13H6BrClFNO. The highest BCUT2D eigenvalue weighted by molar-refractivity contribution is 9.10. The first kappa shape index (κ1) is 12.9. The van der Waals surface area contributed by atoms with E-state index in [1.807, 2.05) is 6.07 Å². The number of nitrogens with zero attached hydrogens (tertiary/aromatic N) is 1. The van der Waals surface area contributed by atoms with E-state index in [0.29, 0.717) is 17.1 Å². The molecule has 5 heteroatoms. The fourth-order valence-electron chi connectivity index (χ4n) is 1.34. The summed E-state index contributed by atoms with van der Waals surface area (Å²) in [6, 6.07) is 11.1. The van der Waals surface area contributed by atoms with E-state index in [4.69, 9.17) is 21.6 Å². The first-order valence-electron chi connectivity index (χ1n) is 4.92. The second-order valence-corrected chi connectivity index (χ2v) is 4.75. The summed E-state index contributed by atoms with van der Waals surface area (Å²) in [4.78, 5) is 0. The van der Waals surface area contributed by atoms with Crippen LogP contribution in [0.4, 0.5) is 4.39 Å². The van der Waals surface area contributed by atoms with Gasteiger partial charge in [-0.3, -0.25) is 0 Å². The Morgan fingerprint density at radius 3 is 2.67 bits per heavy atom. The van der Waals surface area contributed by atoms with E-state index >= 15 is 0 Å². The van der Waals surface area contributed by atoms with Crippen LogP contribution in [0.1, 0.15) is 5.56 Å². The van der Waals surface area contributed by atoms with E-state index in [-0.39, 0.29) is 5.02 Å². The van der Waals surface area contributed by atoms with E-state index in [1.54, 1.807) is 18.2 Å². The van der Waals surface area contributed by atoms with Gasteiger partial charge in [-0.2, -0.15) is 5.26 Å². The van der Waals surface area contributed by atoms with Crippen LogP contribution >= 0.6 is 27.5 Å². The number of nitriles is 1. The summed E-state index contributed by atoms with van der Waals surface area (Å²) in [6.45, 7) is 0. The minimum Gasteiger partial charge on any atom is -0.456 e. The van der Waals surface area contributed by atoms with Crippen LogP contribution < -0.4 is 4.74 Å². The van der Waals surface area contributed by atoms with Gasteiger partial charge in [-0.1, -0.05) is 27.5 Å². The van der Waals surface area contributed by atoms with Crippen molar-refractivity contribution < 1.29 is 9.13 Å². The van der Waals surface area contributed by atoms with Crippen molar-refractivity contribution in [1.29, 1.82) is 5.26 Å². The van der Waals surface area contributed by atoms with Crippen molar-refractivity contribution >= 4 is 27.5 Å². The molecule has 0 N–H and O–H groups in total. The lowest BCUT2D eigenvalue weighted by Gasteiger charge is -2.08. The smallest absolute Gasteiger partial charge is 0.146 e. The molecular weight excluding hydrogens is 321 g/mol. The van der Waals surface area contributed by atoms with Crippen LogP contribution in [0.3, 0.4) is 0 Å². The molecule has 2 rings (SSSR count). The quantitative estimate of drug-likeness (QED) is 0.786. The molecule has 18 heavy (non-hydrogen) atoms.